The van der Waals surface area contributed by atoms with Crippen LogP contribution in [0.4, 0.5) is 0 Å². The molecule has 1 aromatic rings. The zero-order valence-corrected chi connectivity index (χ0v) is 14.9. The van der Waals surface area contributed by atoms with Crippen molar-refractivity contribution in [3.05, 3.63) is 35.4 Å². The van der Waals surface area contributed by atoms with Gasteiger partial charge in [-0.15, -0.1) is 0 Å². The van der Waals surface area contributed by atoms with Crippen LogP contribution in [0.25, 0.3) is 6.08 Å². The molecule has 0 amide bonds. The lowest BCUT2D eigenvalue weighted by Gasteiger charge is -2.15. The second kappa shape index (κ2) is 8.50. The van der Waals surface area contributed by atoms with Crippen molar-refractivity contribution in [1.29, 1.82) is 0 Å². The Bertz CT molecular complexity index is 564. The first-order valence-electron chi connectivity index (χ1n) is 9.75. The molecule has 2 fully saturated rings. The Morgan fingerprint density at radius 2 is 1.83 bits per heavy atom. The predicted octanol–water partition coefficient (Wildman–Crippen LogP) is 5.81. The minimum atomic E-state index is 0.305. The van der Waals surface area contributed by atoms with Gasteiger partial charge in [-0.1, -0.05) is 44.7 Å². The number of hydrogen-bond acceptors (Lipinski definition) is 2. The molecule has 0 radical (unpaired) electrons. The van der Waals surface area contributed by atoms with Crippen molar-refractivity contribution in [2.24, 2.45) is 11.8 Å². The lowest BCUT2D eigenvalue weighted by Crippen LogP contribution is -2.16. The average Bonchev–Trinajstić information content (AvgIpc) is 3.24. The summed E-state index contributed by atoms with van der Waals surface area (Å²) in [7, 11) is 0. The molecule has 2 saturated carbocycles. The Labute approximate surface area is 146 Å². The van der Waals surface area contributed by atoms with Crippen LogP contribution in [0, 0.1) is 11.8 Å². The third-order valence-corrected chi connectivity index (χ3v) is 5.58. The summed E-state index contributed by atoms with van der Waals surface area (Å²) in [6.07, 6.45) is 12.8. The highest BCUT2D eigenvalue weighted by Crippen LogP contribution is 2.40. The smallest absolute Gasteiger partial charge is 0.162 e. The van der Waals surface area contributed by atoms with Gasteiger partial charge in [0.2, 0.25) is 0 Å². The van der Waals surface area contributed by atoms with E-state index in [0.717, 1.165) is 42.8 Å². The summed E-state index contributed by atoms with van der Waals surface area (Å²) < 4.78 is 5.75. The molecule has 0 bridgehead atoms. The Balaban J connectivity index is 1.56. The third-order valence-electron chi connectivity index (χ3n) is 5.58. The summed E-state index contributed by atoms with van der Waals surface area (Å²) in [5.41, 5.74) is 2.15. The largest absolute Gasteiger partial charge is 0.494 e. The molecule has 1 unspecified atom stereocenters. The van der Waals surface area contributed by atoms with Crippen molar-refractivity contribution in [2.45, 2.75) is 64.7 Å². The standard InChI is InChI=1S/C22H30O2/c1-2-3-6-15-24-20-12-9-17(10-13-20)16-19-11-14-21(22(19)23)18-7-4-5-8-18/h9-10,12-13,16,18,21H,2-8,11,14-15H2,1H3/b19-16+. The number of ketones is 1. The van der Waals surface area contributed by atoms with E-state index >= 15 is 0 Å². The van der Waals surface area contributed by atoms with Gasteiger partial charge < -0.3 is 4.74 Å². The first-order valence-corrected chi connectivity index (χ1v) is 9.75. The highest BCUT2D eigenvalue weighted by Gasteiger charge is 2.36. The fourth-order valence-corrected chi connectivity index (χ4v) is 4.16. The van der Waals surface area contributed by atoms with Crippen molar-refractivity contribution >= 4 is 11.9 Å². The van der Waals surface area contributed by atoms with E-state index in [4.69, 9.17) is 4.74 Å². The molecule has 24 heavy (non-hydrogen) atoms. The van der Waals surface area contributed by atoms with Gasteiger partial charge in [-0.05, 0) is 67.4 Å². The lowest BCUT2D eigenvalue weighted by molar-refractivity contribution is -0.119. The summed E-state index contributed by atoms with van der Waals surface area (Å²) in [5, 5.41) is 0. The van der Waals surface area contributed by atoms with Crippen LogP contribution in [0.15, 0.2) is 29.8 Å². The van der Waals surface area contributed by atoms with Crippen molar-refractivity contribution in [2.75, 3.05) is 6.61 Å². The topological polar surface area (TPSA) is 26.3 Å². The van der Waals surface area contributed by atoms with Gasteiger partial charge in [0, 0.05) is 5.92 Å². The normalized spacial score (nSPS) is 23.3. The molecule has 2 aliphatic carbocycles. The number of hydrogen-bond donors (Lipinski definition) is 0. The maximum atomic E-state index is 12.7. The molecule has 1 atom stereocenters. The Hall–Kier alpha value is -1.57. The number of benzene rings is 1. The second-order valence-corrected chi connectivity index (χ2v) is 7.35. The van der Waals surface area contributed by atoms with E-state index in [1.807, 2.05) is 12.1 Å². The number of ether oxygens (including phenoxy) is 1. The molecule has 0 saturated heterocycles. The van der Waals surface area contributed by atoms with Crippen LogP contribution in [0.2, 0.25) is 0 Å². The monoisotopic (exact) mass is 326 g/mol. The summed E-state index contributed by atoms with van der Waals surface area (Å²) in [6, 6.07) is 8.18. The summed E-state index contributed by atoms with van der Waals surface area (Å²) >= 11 is 0. The minimum Gasteiger partial charge on any atom is -0.494 e. The SMILES string of the molecule is CCCCCOc1ccc(/C=C2\CCC(C3CCCC3)C2=O)cc1. The molecule has 0 aliphatic heterocycles. The molecule has 2 nitrogen and oxygen atoms in total. The molecule has 0 heterocycles. The van der Waals surface area contributed by atoms with Crippen molar-refractivity contribution in [1.82, 2.24) is 0 Å². The number of Topliss-reactive ketones (excluding diaryl/α,β-unsaturated/α-hetero) is 1. The lowest BCUT2D eigenvalue weighted by atomic mass is 9.88. The molecule has 1 aromatic carbocycles. The average molecular weight is 326 g/mol. The fourth-order valence-electron chi connectivity index (χ4n) is 4.16. The van der Waals surface area contributed by atoms with Crippen LogP contribution in [0.3, 0.4) is 0 Å². The van der Waals surface area contributed by atoms with Crippen molar-refractivity contribution < 1.29 is 9.53 Å². The Morgan fingerprint density at radius 3 is 2.54 bits per heavy atom. The second-order valence-electron chi connectivity index (χ2n) is 7.35. The van der Waals surface area contributed by atoms with Gasteiger partial charge in [0.15, 0.2) is 5.78 Å². The Morgan fingerprint density at radius 1 is 1.08 bits per heavy atom. The van der Waals surface area contributed by atoms with E-state index in [0.29, 0.717) is 17.6 Å². The molecular formula is C22H30O2. The number of carbonyl (C=O) groups excluding carboxylic acids is 1. The summed E-state index contributed by atoms with van der Waals surface area (Å²) in [4.78, 5) is 12.7. The quantitative estimate of drug-likeness (QED) is 0.467. The van der Waals surface area contributed by atoms with Crippen LogP contribution in [-0.2, 0) is 4.79 Å². The van der Waals surface area contributed by atoms with E-state index in [9.17, 15) is 4.79 Å². The van der Waals surface area contributed by atoms with E-state index in [2.05, 4.69) is 25.1 Å². The van der Waals surface area contributed by atoms with E-state index in [-0.39, 0.29) is 0 Å². The van der Waals surface area contributed by atoms with Gasteiger partial charge in [0.05, 0.1) is 6.61 Å². The molecule has 130 valence electrons. The molecule has 3 rings (SSSR count). The minimum absolute atomic E-state index is 0.305. The Kier molecular flexibility index (Phi) is 6.12. The number of carbonyl (C=O) groups is 1. The van der Waals surface area contributed by atoms with Crippen molar-refractivity contribution in [3.8, 4) is 5.75 Å². The summed E-state index contributed by atoms with van der Waals surface area (Å²) in [6.45, 7) is 2.99. The summed E-state index contributed by atoms with van der Waals surface area (Å²) in [5.74, 6) is 2.30. The maximum absolute atomic E-state index is 12.7. The number of allylic oxidation sites excluding steroid dienone is 1. The molecular weight excluding hydrogens is 296 g/mol. The van der Waals surface area contributed by atoms with Crippen LogP contribution in [0.5, 0.6) is 5.75 Å². The van der Waals surface area contributed by atoms with Crippen LogP contribution in [-0.4, -0.2) is 12.4 Å². The van der Waals surface area contributed by atoms with Crippen LogP contribution >= 0.6 is 0 Å². The number of unbranched alkanes of at least 4 members (excludes halogenated alkanes) is 2. The van der Waals surface area contributed by atoms with Crippen LogP contribution < -0.4 is 4.74 Å². The van der Waals surface area contributed by atoms with E-state index in [1.165, 1.54) is 38.5 Å². The molecule has 2 aliphatic rings. The fraction of sp³-hybridized carbons (Fsp3) is 0.591. The highest BCUT2D eigenvalue weighted by atomic mass is 16.5. The molecule has 0 N–H and O–H groups in total. The zero-order chi connectivity index (χ0) is 16.8. The van der Waals surface area contributed by atoms with Crippen LogP contribution in [0.1, 0.15) is 70.3 Å². The first kappa shape index (κ1) is 17.3. The van der Waals surface area contributed by atoms with Gasteiger partial charge >= 0.3 is 0 Å². The van der Waals surface area contributed by atoms with Gasteiger partial charge in [0.25, 0.3) is 0 Å². The van der Waals surface area contributed by atoms with Gasteiger partial charge in [-0.25, -0.2) is 0 Å². The third kappa shape index (κ3) is 4.28. The van der Waals surface area contributed by atoms with Gasteiger partial charge in [-0.3, -0.25) is 4.79 Å². The van der Waals surface area contributed by atoms with E-state index < -0.39 is 0 Å². The number of rotatable bonds is 7. The molecule has 2 heteroatoms. The molecule has 0 spiro atoms. The van der Waals surface area contributed by atoms with Gasteiger partial charge in [0.1, 0.15) is 5.75 Å². The first-order chi connectivity index (χ1) is 11.8. The van der Waals surface area contributed by atoms with E-state index in [1.54, 1.807) is 0 Å². The van der Waals surface area contributed by atoms with Crippen molar-refractivity contribution in [3.63, 3.8) is 0 Å². The molecule has 0 aromatic heterocycles. The predicted molar refractivity (Wildman–Crippen MR) is 99.1 cm³/mol. The van der Waals surface area contributed by atoms with Gasteiger partial charge in [-0.2, -0.15) is 0 Å². The highest BCUT2D eigenvalue weighted by molar-refractivity contribution is 6.03. The zero-order valence-electron chi connectivity index (χ0n) is 14.9. The maximum Gasteiger partial charge on any atom is 0.162 e.